The molecule has 0 saturated carbocycles. The van der Waals surface area contributed by atoms with Gasteiger partial charge in [0.1, 0.15) is 0 Å². The number of nitrogens with one attached hydrogen (secondary N) is 1. The number of likely N-dealkylation sites (tertiary alicyclic amines) is 1. The number of benzene rings is 1. The number of anilines is 1. The summed E-state index contributed by atoms with van der Waals surface area (Å²) in [5.74, 6) is 0. The van der Waals surface area contributed by atoms with Gasteiger partial charge in [0.25, 0.3) is 0 Å². The van der Waals surface area contributed by atoms with E-state index < -0.39 is 12.7 Å². The first-order valence-corrected chi connectivity index (χ1v) is 7.31. The predicted molar refractivity (Wildman–Crippen MR) is 78.3 cm³/mol. The topological polar surface area (TPSA) is 15.3 Å². The highest BCUT2D eigenvalue weighted by molar-refractivity contribution is 14.1. The number of nitrogens with zero attached hydrogens (tertiary/aromatic N) is 1. The molecule has 0 radical (unpaired) electrons. The third-order valence-electron chi connectivity index (χ3n) is 3.21. The van der Waals surface area contributed by atoms with Crippen molar-refractivity contribution in [2.75, 3.05) is 25.0 Å². The molecule has 106 valence electrons. The summed E-state index contributed by atoms with van der Waals surface area (Å²) in [5, 5.41) is 3.38. The fourth-order valence-corrected chi connectivity index (χ4v) is 2.63. The zero-order valence-electron chi connectivity index (χ0n) is 10.4. The molecule has 0 bridgehead atoms. The highest BCUT2D eigenvalue weighted by Gasteiger charge is 2.32. The third-order valence-corrected chi connectivity index (χ3v) is 3.92. The molecule has 0 amide bonds. The second kappa shape index (κ2) is 6.30. The monoisotopic (exact) mass is 384 g/mol. The second-order valence-electron chi connectivity index (χ2n) is 4.82. The van der Waals surface area contributed by atoms with E-state index >= 15 is 0 Å². The molecular formula is C13H16F3IN2. The number of rotatable bonds is 3. The minimum atomic E-state index is -4.09. The van der Waals surface area contributed by atoms with Gasteiger partial charge in [-0.2, -0.15) is 13.2 Å². The van der Waals surface area contributed by atoms with Crippen LogP contribution in [0.3, 0.4) is 0 Å². The van der Waals surface area contributed by atoms with Gasteiger partial charge in [0.15, 0.2) is 0 Å². The Morgan fingerprint density at radius 2 is 1.74 bits per heavy atom. The summed E-state index contributed by atoms with van der Waals surface area (Å²) >= 11 is 2.24. The Labute approximate surface area is 124 Å². The van der Waals surface area contributed by atoms with Crippen molar-refractivity contribution >= 4 is 28.3 Å². The first-order chi connectivity index (χ1) is 8.92. The van der Waals surface area contributed by atoms with E-state index in [1.54, 1.807) is 0 Å². The standard InChI is InChI=1S/C13H16F3IN2/c14-13(15,16)9-19-7-5-12(6-8-19)18-11-3-1-10(17)2-4-11/h1-4,12,18H,5-9H2. The third kappa shape index (κ3) is 5.18. The van der Waals surface area contributed by atoms with Crippen LogP contribution >= 0.6 is 22.6 Å². The molecule has 1 aromatic rings. The zero-order valence-corrected chi connectivity index (χ0v) is 12.5. The quantitative estimate of drug-likeness (QED) is 0.800. The molecule has 1 aromatic carbocycles. The number of alkyl halides is 3. The number of hydrogen-bond acceptors (Lipinski definition) is 2. The molecule has 1 aliphatic heterocycles. The van der Waals surface area contributed by atoms with E-state index in [2.05, 4.69) is 27.9 Å². The summed E-state index contributed by atoms with van der Waals surface area (Å²) in [5.41, 5.74) is 1.04. The Morgan fingerprint density at radius 1 is 1.16 bits per heavy atom. The van der Waals surface area contributed by atoms with Gasteiger partial charge in [-0.15, -0.1) is 0 Å². The molecule has 2 nitrogen and oxygen atoms in total. The van der Waals surface area contributed by atoms with Crippen LogP contribution in [0.2, 0.25) is 0 Å². The number of halogens is 4. The van der Waals surface area contributed by atoms with E-state index in [9.17, 15) is 13.2 Å². The lowest BCUT2D eigenvalue weighted by molar-refractivity contribution is -0.147. The van der Waals surface area contributed by atoms with Crippen LogP contribution in [-0.4, -0.2) is 36.8 Å². The van der Waals surface area contributed by atoms with E-state index in [0.29, 0.717) is 13.1 Å². The molecule has 1 aliphatic rings. The van der Waals surface area contributed by atoms with Crippen molar-refractivity contribution in [2.45, 2.75) is 25.1 Å². The molecule has 0 unspecified atom stereocenters. The highest BCUT2D eigenvalue weighted by Crippen LogP contribution is 2.21. The summed E-state index contributed by atoms with van der Waals surface area (Å²) in [6, 6.07) is 8.31. The Morgan fingerprint density at radius 3 is 2.26 bits per heavy atom. The fourth-order valence-electron chi connectivity index (χ4n) is 2.27. The molecule has 1 saturated heterocycles. The maximum atomic E-state index is 12.3. The molecule has 0 aromatic heterocycles. The van der Waals surface area contributed by atoms with Crippen molar-refractivity contribution in [3.63, 3.8) is 0 Å². The van der Waals surface area contributed by atoms with Crippen molar-refractivity contribution in [3.8, 4) is 0 Å². The SMILES string of the molecule is FC(F)(F)CN1CCC(Nc2ccc(I)cc2)CC1. The average Bonchev–Trinajstić information content (AvgIpc) is 2.33. The maximum absolute atomic E-state index is 12.3. The molecule has 1 fully saturated rings. The lowest BCUT2D eigenvalue weighted by atomic mass is 10.0. The summed E-state index contributed by atoms with van der Waals surface area (Å²) in [4.78, 5) is 1.48. The Kier molecular flexibility index (Phi) is 4.94. The van der Waals surface area contributed by atoms with Gasteiger partial charge < -0.3 is 5.32 Å². The van der Waals surface area contributed by atoms with Gasteiger partial charge in [-0.1, -0.05) is 0 Å². The summed E-state index contributed by atoms with van der Waals surface area (Å²) in [7, 11) is 0. The van der Waals surface area contributed by atoms with Crippen LogP contribution < -0.4 is 5.32 Å². The Hall–Kier alpha value is -0.500. The number of hydrogen-bond donors (Lipinski definition) is 1. The Balaban J connectivity index is 1.79. The van der Waals surface area contributed by atoms with Gasteiger partial charge in [-0.25, -0.2) is 0 Å². The molecule has 0 spiro atoms. The van der Waals surface area contributed by atoms with E-state index in [1.165, 1.54) is 8.47 Å². The highest BCUT2D eigenvalue weighted by atomic mass is 127. The van der Waals surface area contributed by atoms with Crippen molar-refractivity contribution in [1.82, 2.24) is 4.90 Å². The molecule has 1 heterocycles. The van der Waals surface area contributed by atoms with Crippen LogP contribution in [0.25, 0.3) is 0 Å². The average molecular weight is 384 g/mol. The van der Waals surface area contributed by atoms with E-state index in [0.717, 1.165) is 18.5 Å². The molecule has 19 heavy (non-hydrogen) atoms. The predicted octanol–water partition coefficient (Wildman–Crippen LogP) is 3.73. The van der Waals surface area contributed by atoms with Crippen LogP contribution in [0.15, 0.2) is 24.3 Å². The van der Waals surface area contributed by atoms with Crippen LogP contribution in [0.5, 0.6) is 0 Å². The molecular weight excluding hydrogens is 368 g/mol. The lowest BCUT2D eigenvalue weighted by Gasteiger charge is -2.33. The van der Waals surface area contributed by atoms with Crippen molar-refractivity contribution < 1.29 is 13.2 Å². The van der Waals surface area contributed by atoms with Crippen molar-refractivity contribution in [3.05, 3.63) is 27.8 Å². The van der Waals surface area contributed by atoms with Crippen LogP contribution in [0.4, 0.5) is 18.9 Å². The van der Waals surface area contributed by atoms with E-state index in [4.69, 9.17) is 0 Å². The normalized spacial score (nSPS) is 18.5. The molecule has 1 N–H and O–H groups in total. The van der Waals surface area contributed by atoms with Crippen LogP contribution in [0.1, 0.15) is 12.8 Å². The summed E-state index contributed by atoms with van der Waals surface area (Å²) < 4.78 is 38.0. The summed E-state index contributed by atoms with van der Waals surface area (Å²) in [6.45, 7) is 0.215. The zero-order chi connectivity index (χ0) is 13.9. The fraction of sp³-hybridized carbons (Fsp3) is 0.538. The van der Waals surface area contributed by atoms with E-state index in [1.807, 2.05) is 24.3 Å². The van der Waals surface area contributed by atoms with Crippen molar-refractivity contribution in [2.24, 2.45) is 0 Å². The van der Waals surface area contributed by atoms with Crippen LogP contribution in [0, 0.1) is 3.57 Å². The van der Waals surface area contributed by atoms with Gasteiger partial charge in [0, 0.05) is 28.4 Å². The smallest absolute Gasteiger partial charge is 0.382 e. The first-order valence-electron chi connectivity index (χ1n) is 6.23. The van der Waals surface area contributed by atoms with Gasteiger partial charge in [-0.05, 0) is 59.7 Å². The lowest BCUT2D eigenvalue weighted by Crippen LogP contribution is -2.43. The van der Waals surface area contributed by atoms with Gasteiger partial charge >= 0.3 is 6.18 Å². The first kappa shape index (κ1) is 14.9. The van der Waals surface area contributed by atoms with Crippen molar-refractivity contribution in [1.29, 1.82) is 0 Å². The second-order valence-corrected chi connectivity index (χ2v) is 6.06. The Bertz CT molecular complexity index is 397. The molecule has 0 aliphatic carbocycles. The number of piperidine rings is 1. The molecule has 6 heteroatoms. The van der Waals surface area contributed by atoms with Gasteiger partial charge in [0.2, 0.25) is 0 Å². The van der Waals surface area contributed by atoms with Gasteiger partial charge in [0.05, 0.1) is 6.54 Å². The van der Waals surface area contributed by atoms with E-state index in [-0.39, 0.29) is 6.04 Å². The largest absolute Gasteiger partial charge is 0.401 e. The van der Waals surface area contributed by atoms with Crippen LogP contribution in [-0.2, 0) is 0 Å². The van der Waals surface area contributed by atoms with Gasteiger partial charge in [-0.3, -0.25) is 4.90 Å². The molecule has 2 rings (SSSR count). The maximum Gasteiger partial charge on any atom is 0.401 e. The molecule has 0 atom stereocenters. The minimum absolute atomic E-state index is 0.268. The minimum Gasteiger partial charge on any atom is -0.382 e. The summed E-state index contributed by atoms with van der Waals surface area (Å²) in [6.07, 6.45) is -2.58.